The minimum absolute atomic E-state index is 0.0232. The second-order valence-electron chi connectivity index (χ2n) is 3.66. The molecule has 1 heterocycles. The van der Waals surface area contributed by atoms with Crippen molar-refractivity contribution >= 4 is 17.4 Å². The summed E-state index contributed by atoms with van der Waals surface area (Å²) in [7, 11) is 0. The predicted octanol–water partition coefficient (Wildman–Crippen LogP) is 1.88. The molecule has 0 radical (unpaired) electrons. The van der Waals surface area contributed by atoms with E-state index in [1.807, 2.05) is 19.1 Å². The Kier molecular flexibility index (Phi) is 3.05. The maximum Gasteiger partial charge on any atom is 0.343 e. The molecule has 0 aliphatic rings. The molecule has 1 aromatic carbocycles. The molecule has 0 fully saturated rings. The average molecular weight is 246 g/mol. The molecule has 2 aromatic rings. The summed E-state index contributed by atoms with van der Waals surface area (Å²) < 4.78 is 0. The van der Waals surface area contributed by atoms with E-state index in [0.717, 1.165) is 11.6 Å². The van der Waals surface area contributed by atoms with Crippen molar-refractivity contribution in [1.29, 1.82) is 0 Å². The number of amides is 1. The van der Waals surface area contributed by atoms with Crippen molar-refractivity contribution in [2.24, 2.45) is 0 Å². The molecule has 2 N–H and O–H groups in total. The van der Waals surface area contributed by atoms with Crippen molar-refractivity contribution in [1.82, 2.24) is 10.2 Å². The van der Waals surface area contributed by atoms with E-state index in [1.165, 1.54) is 0 Å². The molecular weight excluding hydrogens is 236 g/mol. The molecule has 92 valence electrons. The smallest absolute Gasteiger partial charge is 0.343 e. The third-order valence-electron chi connectivity index (χ3n) is 2.39. The van der Waals surface area contributed by atoms with Crippen LogP contribution in [0.5, 0.6) is 0 Å². The van der Waals surface area contributed by atoms with Gasteiger partial charge in [0, 0.05) is 5.69 Å². The first-order chi connectivity index (χ1) is 8.58. The van der Waals surface area contributed by atoms with Crippen LogP contribution in [0.25, 0.3) is 0 Å². The summed E-state index contributed by atoms with van der Waals surface area (Å²) in [4.78, 5) is 21.6. The number of aromatic nitrogens is 2. The fraction of sp³-hybridized carbons (Fsp3) is 0.0909. The average Bonchev–Trinajstić information content (AvgIpc) is 2.81. The maximum atomic E-state index is 11.8. The first kappa shape index (κ1) is 11.8. The Morgan fingerprint density at radius 1 is 1.44 bits per heavy atom. The molecule has 0 saturated heterocycles. The number of carbonyl (C=O) groups excluding carboxylic acids is 1. The number of H-pyrrole nitrogens is 1. The number of benzene rings is 1. The molecule has 0 spiro atoms. The lowest BCUT2D eigenvalue weighted by molar-refractivity contribution is -0.389. The van der Waals surface area contributed by atoms with Crippen LogP contribution in [0.1, 0.15) is 16.1 Å². The molecule has 0 saturated carbocycles. The van der Waals surface area contributed by atoms with Crippen LogP contribution >= 0.6 is 0 Å². The third kappa shape index (κ3) is 2.34. The summed E-state index contributed by atoms with van der Waals surface area (Å²) in [5.41, 5.74) is 1.52. The minimum Gasteiger partial charge on any atom is -0.358 e. The Hall–Kier alpha value is -2.70. The summed E-state index contributed by atoms with van der Waals surface area (Å²) in [5.74, 6) is -0.807. The van der Waals surface area contributed by atoms with E-state index < -0.39 is 10.8 Å². The van der Waals surface area contributed by atoms with Gasteiger partial charge in [-0.15, -0.1) is 5.10 Å². The van der Waals surface area contributed by atoms with E-state index in [1.54, 1.807) is 12.1 Å². The van der Waals surface area contributed by atoms with Gasteiger partial charge in [0.25, 0.3) is 5.91 Å². The normalized spacial score (nSPS) is 10.1. The fourth-order valence-electron chi connectivity index (χ4n) is 1.42. The zero-order chi connectivity index (χ0) is 13.1. The van der Waals surface area contributed by atoms with Crippen molar-refractivity contribution in [3.05, 3.63) is 51.7 Å². The van der Waals surface area contributed by atoms with E-state index in [2.05, 4.69) is 15.5 Å². The number of aromatic amines is 1. The van der Waals surface area contributed by atoms with E-state index >= 15 is 0 Å². The van der Waals surface area contributed by atoms with Gasteiger partial charge >= 0.3 is 5.82 Å². The predicted molar refractivity (Wildman–Crippen MR) is 64.4 cm³/mol. The first-order valence-corrected chi connectivity index (χ1v) is 5.14. The number of anilines is 1. The lowest BCUT2D eigenvalue weighted by Gasteiger charge is -2.05. The molecule has 1 aromatic heterocycles. The summed E-state index contributed by atoms with van der Waals surface area (Å²) in [6.45, 7) is 1.85. The standard InChI is InChI=1S/C11H10N4O3/c1-7-4-2-3-5-8(7)12-11(16)9-6-10(14-13-9)15(17)18/h2-6H,1H3,(H,12,16)(H,13,14). The van der Waals surface area contributed by atoms with Gasteiger partial charge in [0.1, 0.15) is 0 Å². The van der Waals surface area contributed by atoms with Gasteiger partial charge in [0.15, 0.2) is 5.69 Å². The zero-order valence-electron chi connectivity index (χ0n) is 9.51. The molecule has 7 heteroatoms. The minimum atomic E-state index is -0.641. The molecule has 0 atom stereocenters. The SMILES string of the molecule is Cc1ccccc1NC(=O)c1cc([N+](=O)[O-])[nH]n1. The van der Waals surface area contributed by atoms with E-state index in [9.17, 15) is 14.9 Å². The van der Waals surface area contributed by atoms with Crippen LogP contribution in [0.2, 0.25) is 0 Å². The topological polar surface area (TPSA) is 101 Å². The van der Waals surface area contributed by atoms with Crippen LogP contribution in [0.3, 0.4) is 0 Å². The number of rotatable bonds is 3. The van der Waals surface area contributed by atoms with Crippen molar-refractivity contribution in [2.75, 3.05) is 5.32 Å². The number of para-hydroxylation sites is 1. The highest BCUT2D eigenvalue weighted by Gasteiger charge is 2.16. The second kappa shape index (κ2) is 4.66. The lowest BCUT2D eigenvalue weighted by Crippen LogP contribution is -2.13. The Bertz CT molecular complexity index is 606. The van der Waals surface area contributed by atoms with Gasteiger partial charge in [0.2, 0.25) is 0 Å². The van der Waals surface area contributed by atoms with Crippen LogP contribution in [0, 0.1) is 17.0 Å². The Morgan fingerprint density at radius 3 is 2.78 bits per heavy atom. The van der Waals surface area contributed by atoms with Gasteiger partial charge in [-0.3, -0.25) is 4.79 Å². The molecule has 1 amide bonds. The van der Waals surface area contributed by atoms with E-state index in [4.69, 9.17) is 0 Å². The second-order valence-corrected chi connectivity index (χ2v) is 3.66. The summed E-state index contributed by atoms with van der Waals surface area (Å²) in [5, 5.41) is 18.8. The number of nitro groups is 1. The first-order valence-electron chi connectivity index (χ1n) is 5.14. The molecule has 0 aliphatic heterocycles. The molecule has 0 bridgehead atoms. The van der Waals surface area contributed by atoms with Crippen LogP contribution in [0.15, 0.2) is 30.3 Å². The molecule has 7 nitrogen and oxygen atoms in total. The van der Waals surface area contributed by atoms with Crippen LogP contribution in [0.4, 0.5) is 11.5 Å². The number of carbonyl (C=O) groups is 1. The monoisotopic (exact) mass is 246 g/mol. The number of nitrogens with zero attached hydrogens (tertiary/aromatic N) is 2. The molecule has 0 aliphatic carbocycles. The Balaban J connectivity index is 2.17. The van der Waals surface area contributed by atoms with Gasteiger partial charge in [-0.05, 0) is 23.5 Å². The van der Waals surface area contributed by atoms with Gasteiger partial charge in [-0.2, -0.15) is 0 Å². The molecule has 0 unspecified atom stereocenters. The van der Waals surface area contributed by atoms with Gasteiger partial charge in [-0.25, -0.2) is 0 Å². The summed E-state index contributed by atoms with van der Waals surface area (Å²) in [6, 6.07) is 8.32. The Labute approximate surface area is 102 Å². The van der Waals surface area contributed by atoms with Gasteiger partial charge in [0.05, 0.1) is 6.07 Å². The van der Waals surface area contributed by atoms with Gasteiger partial charge in [-0.1, -0.05) is 23.3 Å². The molecular formula is C11H10N4O3. The Morgan fingerprint density at radius 2 is 2.17 bits per heavy atom. The number of aryl methyl sites for hydroxylation is 1. The molecule has 2 rings (SSSR count). The quantitative estimate of drug-likeness (QED) is 0.637. The van der Waals surface area contributed by atoms with E-state index in [-0.39, 0.29) is 11.5 Å². The van der Waals surface area contributed by atoms with Crippen LogP contribution in [-0.4, -0.2) is 21.0 Å². The van der Waals surface area contributed by atoms with Gasteiger partial charge < -0.3 is 15.4 Å². The van der Waals surface area contributed by atoms with Crippen molar-refractivity contribution < 1.29 is 9.72 Å². The van der Waals surface area contributed by atoms with Crippen molar-refractivity contribution in [3.8, 4) is 0 Å². The number of hydrogen-bond acceptors (Lipinski definition) is 4. The van der Waals surface area contributed by atoms with Crippen LogP contribution < -0.4 is 5.32 Å². The van der Waals surface area contributed by atoms with Crippen molar-refractivity contribution in [2.45, 2.75) is 6.92 Å². The van der Waals surface area contributed by atoms with E-state index in [0.29, 0.717) is 5.69 Å². The summed E-state index contributed by atoms with van der Waals surface area (Å²) >= 11 is 0. The highest BCUT2D eigenvalue weighted by Crippen LogP contribution is 2.15. The fourth-order valence-corrected chi connectivity index (χ4v) is 1.42. The lowest BCUT2D eigenvalue weighted by atomic mass is 10.2. The summed E-state index contributed by atoms with van der Waals surface area (Å²) in [6.07, 6.45) is 0. The third-order valence-corrected chi connectivity index (χ3v) is 2.39. The zero-order valence-corrected chi connectivity index (χ0v) is 9.51. The molecule has 18 heavy (non-hydrogen) atoms. The van der Waals surface area contributed by atoms with Crippen LogP contribution in [-0.2, 0) is 0 Å². The van der Waals surface area contributed by atoms with Crippen molar-refractivity contribution in [3.63, 3.8) is 0 Å². The highest BCUT2D eigenvalue weighted by atomic mass is 16.6. The largest absolute Gasteiger partial charge is 0.358 e. The maximum absolute atomic E-state index is 11.8. The highest BCUT2D eigenvalue weighted by molar-refractivity contribution is 6.03. The number of hydrogen-bond donors (Lipinski definition) is 2. The number of nitrogens with one attached hydrogen (secondary N) is 2.